The zero-order valence-corrected chi connectivity index (χ0v) is 11.3. The molecule has 0 atom stereocenters. The quantitative estimate of drug-likeness (QED) is 0.915. The molecule has 0 radical (unpaired) electrons. The molecule has 2 rings (SSSR count). The van der Waals surface area contributed by atoms with Crippen molar-refractivity contribution in [3.8, 4) is 5.75 Å². The van der Waals surface area contributed by atoms with Crippen LogP contribution in [-0.4, -0.2) is 31.0 Å². The van der Waals surface area contributed by atoms with Crippen molar-refractivity contribution >= 4 is 21.8 Å². The fourth-order valence-corrected chi connectivity index (χ4v) is 2.70. The second-order valence-electron chi connectivity index (χ2n) is 4.13. The van der Waals surface area contributed by atoms with E-state index in [2.05, 4.69) is 20.8 Å². The SMILES string of the molecule is COc1ccc(Br)c2c1CCN(CC(N)=O)C2. The van der Waals surface area contributed by atoms with Crippen LogP contribution in [0.5, 0.6) is 5.75 Å². The Hall–Kier alpha value is -1.07. The van der Waals surface area contributed by atoms with E-state index < -0.39 is 0 Å². The van der Waals surface area contributed by atoms with Crippen molar-refractivity contribution in [1.82, 2.24) is 4.90 Å². The Morgan fingerprint density at radius 1 is 1.53 bits per heavy atom. The first-order chi connectivity index (χ1) is 8.11. The maximum absolute atomic E-state index is 10.9. The molecule has 5 heteroatoms. The van der Waals surface area contributed by atoms with Crippen molar-refractivity contribution in [2.24, 2.45) is 5.73 Å². The number of methoxy groups -OCH3 is 1. The summed E-state index contributed by atoms with van der Waals surface area (Å²) in [6.45, 7) is 1.88. The molecule has 17 heavy (non-hydrogen) atoms. The molecule has 0 saturated heterocycles. The van der Waals surface area contributed by atoms with Crippen molar-refractivity contribution in [3.63, 3.8) is 0 Å². The third kappa shape index (κ3) is 2.61. The molecule has 1 heterocycles. The average molecular weight is 299 g/mol. The summed E-state index contributed by atoms with van der Waals surface area (Å²) in [4.78, 5) is 13.0. The lowest BCUT2D eigenvalue weighted by molar-refractivity contribution is -0.119. The lowest BCUT2D eigenvalue weighted by Gasteiger charge is -2.29. The number of hydrogen-bond donors (Lipinski definition) is 1. The molecule has 1 amide bonds. The Morgan fingerprint density at radius 3 is 2.94 bits per heavy atom. The largest absolute Gasteiger partial charge is 0.496 e. The topological polar surface area (TPSA) is 55.6 Å². The fraction of sp³-hybridized carbons (Fsp3) is 0.417. The van der Waals surface area contributed by atoms with Crippen molar-refractivity contribution < 1.29 is 9.53 Å². The summed E-state index contributed by atoms with van der Waals surface area (Å²) in [5.41, 5.74) is 7.64. The summed E-state index contributed by atoms with van der Waals surface area (Å²) in [6, 6.07) is 3.94. The number of fused-ring (bicyclic) bond motifs is 1. The van der Waals surface area contributed by atoms with E-state index in [9.17, 15) is 4.79 Å². The third-order valence-corrected chi connectivity index (χ3v) is 3.73. The number of carbonyl (C=O) groups is 1. The number of rotatable bonds is 3. The number of ether oxygens (including phenoxy) is 1. The van der Waals surface area contributed by atoms with Gasteiger partial charge in [0.25, 0.3) is 0 Å². The van der Waals surface area contributed by atoms with Crippen LogP contribution in [0.3, 0.4) is 0 Å². The van der Waals surface area contributed by atoms with Gasteiger partial charge in [-0.15, -0.1) is 0 Å². The van der Waals surface area contributed by atoms with Crippen LogP contribution < -0.4 is 10.5 Å². The molecule has 92 valence electrons. The molecule has 0 bridgehead atoms. The first kappa shape index (κ1) is 12.4. The van der Waals surface area contributed by atoms with Gasteiger partial charge in [0.15, 0.2) is 0 Å². The van der Waals surface area contributed by atoms with Gasteiger partial charge in [0.05, 0.1) is 13.7 Å². The van der Waals surface area contributed by atoms with Crippen LogP contribution >= 0.6 is 15.9 Å². The monoisotopic (exact) mass is 298 g/mol. The molecule has 4 nitrogen and oxygen atoms in total. The average Bonchev–Trinajstić information content (AvgIpc) is 2.29. The number of primary amides is 1. The molecule has 1 aromatic carbocycles. The highest BCUT2D eigenvalue weighted by Crippen LogP contribution is 2.33. The highest BCUT2D eigenvalue weighted by Gasteiger charge is 2.22. The number of halogens is 1. The highest BCUT2D eigenvalue weighted by molar-refractivity contribution is 9.10. The summed E-state index contributed by atoms with van der Waals surface area (Å²) in [6.07, 6.45) is 0.880. The van der Waals surface area contributed by atoms with Crippen molar-refractivity contribution in [2.75, 3.05) is 20.2 Å². The number of carbonyl (C=O) groups excluding carboxylic acids is 1. The lowest BCUT2D eigenvalue weighted by Crippen LogP contribution is -2.37. The molecule has 0 aliphatic carbocycles. The van der Waals surface area contributed by atoms with Crippen LogP contribution in [0.4, 0.5) is 0 Å². The molecule has 0 saturated carbocycles. The van der Waals surface area contributed by atoms with Gasteiger partial charge >= 0.3 is 0 Å². The number of amides is 1. The van der Waals surface area contributed by atoms with Crippen LogP contribution in [0.25, 0.3) is 0 Å². The van der Waals surface area contributed by atoms with Gasteiger partial charge in [-0.25, -0.2) is 0 Å². The molecule has 1 aliphatic rings. The molecule has 0 spiro atoms. The van der Waals surface area contributed by atoms with Crippen LogP contribution in [0.2, 0.25) is 0 Å². The number of benzene rings is 1. The van der Waals surface area contributed by atoms with Crippen molar-refractivity contribution in [1.29, 1.82) is 0 Å². The Balaban J connectivity index is 2.28. The molecular formula is C12H15BrN2O2. The van der Waals surface area contributed by atoms with E-state index >= 15 is 0 Å². The smallest absolute Gasteiger partial charge is 0.231 e. The van der Waals surface area contributed by atoms with Crippen molar-refractivity contribution in [3.05, 3.63) is 27.7 Å². The van der Waals surface area contributed by atoms with Crippen molar-refractivity contribution in [2.45, 2.75) is 13.0 Å². The van der Waals surface area contributed by atoms with Gasteiger partial charge in [0.1, 0.15) is 5.75 Å². The maximum Gasteiger partial charge on any atom is 0.231 e. The van der Waals surface area contributed by atoms with Gasteiger partial charge in [0, 0.05) is 23.1 Å². The van der Waals surface area contributed by atoms with E-state index in [0.29, 0.717) is 6.54 Å². The van der Waals surface area contributed by atoms with Crippen LogP contribution in [-0.2, 0) is 17.8 Å². The molecule has 0 aromatic heterocycles. The molecule has 0 fully saturated rings. The van der Waals surface area contributed by atoms with E-state index in [1.54, 1.807) is 7.11 Å². The van der Waals surface area contributed by atoms with E-state index in [1.165, 1.54) is 11.1 Å². The van der Waals surface area contributed by atoms with E-state index in [1.807, 2.05) is 12.1 Å². The Morgan fingerprint density at radius 2 is 2.29 bits per heavy atom. The predicted molar refractivity (Wildman–Crippen MR) is 68.9 cm³/mol. The standard InChI is InChI=1S/C12H15BrN2O2/c1-17-11-3-2-10(13)9-6-15(7-12(14)16)5-4-8(9)11/h2-3H,4-7H2,1H3,(H2,14,16). The van der Waals surface area contributed by atoms with E-state index in [-0.39, 0.29) is 5.91 Å². The minimum Gasteiger partial charge on any atom is -0.496 e. The molecular weight excluding hydrogens is 284 g/mol. The first-order valence-corrected chi connectivity index (χ1v) is 6.26. The Bertz CT molecular complexity index is 448. The molecule has 2 N–H and O–H groups in total. The van der Waals surface area contributed by atoms with Gasteiger partial charge in [0.2, 0.25) is 5.91 Å². The normalized spacial score (nSPS) is 15.4. The van der Waals surface area contributed by atoms with Crippen LogP contribution in [0, 0.1) is 0 Å². The summed E-state index contributed by atoms with van der Waals surface area (Å²) >= 11 is 3.54. The summed E-state index contributed by atoms with van der Waals surface area (Å²) in [7, 11) is 1.68. The fourth-order valence-electron chi connectivity index (χ4n) is 2.21. The number of nitrogens with zero attached hydrogens (tertiary/aromatic N) is 1. The first-order valence-electron chi connectivity index (χ1n) is 5.46. The highest BCUT2D eigenvalue weighted by atomic mass is 79.9. The third-order valence-electron chi connectivity index (χ3n) is 2.99. The molecule has 1 aliphatic heterocycles. The van der Waals surface area contributed by atoms with Crippen LogP contribution in [0.1, 0.15) is 11.1 Å². The van der Waals surface area contributed by atoms with E-state index in [0.717, 1.165) is 29.7 Å². The minimum atomic E-state index is -0.285. The predicted octanol–water partition coefficient (Wildman–Crippen LogP) is 1.30. The van der Waals surface area contributed by atoms with Gasteiger partial charge in [-0.3, -0.25) is 9.69 Å². The van der Waals surface area contributed by atoms with Gasteiger partial charge in [-0.05, 0) is 24.1 Å². The van der Waals surface area contributed by atoms with Crippen LogP contribution in [0.15, 0.2) is 16.6 Å². The Kier molecular flexibility index (Phi) is 3.69. The summed E-state index contributed by atoms with van der Waals surface area (Å²) in [5.74, 6) is 0.634. The number of nitrogens with two attached hydrogens (primary N) is 1. The zero-order chi connectivity index (χ0) is 12.4. The van der Waals surface area contributed by atoms with E-state index in [4.69, 9.17) is 10.5 Å². The summed E-state index contributed by atoms with van der Waals surface area (Å²) in [5, 5.41) is 0. The zero-order valence-electron chi connectivity index (χ0n) is 9.70. The molecule has 1 aromatic rings. The summed E-state index contributed by atoms with van der Waals surface area (Å²) < 4.78 is 6.41. The number of hydrogen-bond acceptors (Lipinski definition) is 3. The lowest BCUT2D eigenvalue weighted by atomic mass is 9.98. The molecule has 0 unspecified atom stereocenters. The van der Waals surface area contributed by atoms with Gasteiger partial charge < -0.3 is 10.5 Å². The maximum atomic E-state index is 10.9. The van der Waals surface area contributed by atoms with Gasteiger partial charge in [-0.2, -0.15) is 0 Å². The second-order valence-corrected chi connectivity index (χ2v) is 4.99. The van der Waals surface area contributed by atoms with Gasteiger partial charge in [-0.1, -0.05) is 15.9 Å². The Labute approximate surface area is 109 Å². The minimum absolute atomic E-state index is 0.285. The second kappa shape index (κ2) is 5.06.